The van der Waals surface area contributed by atoms with E-state index in [1.165, 1.54) is 128 Å². The van der Waals surface area contributed by atoms with Gasteiger partial charge in [0.05, 0.1) is 12.7 Å². The second kappa shape index (κ2) is 32.1. The van der Waals surface area contributed by atoms with Crippen LogP contribution in [0.4, 0.5) is 0 Å². The smallest absolute Gasteiger partial charge is 0.111 e. The van der Waals surface area contributed by atoms with Crippen LogP contribution in [-0.2, 0) is 4.74 Å². The van der Waals surface area contributed by atoms with Crippen molar-refractivity contribution < 1.29 is 30.3 Å². The van der Waals surface area contributed by atoms with Crippen LogP contribution in [0.5, 0.6) is 0 Å². The molecule has 0 saturated heterocycles. The molecule has 0 amide bonds. The van der Waals surface area contributed by atoms with E-state index in [1.807, 2.05) is 0 Å². The quantitative estimate of drug-likeness (QED) is 0.0447. The number of rotatable bonds is 34. The number of unbranched alkanes of at least 4 members (excludes halogenated alkanes) is 20. The van der Waals surface area contributed by atoms with Gasteiger partial charge in [0.2, 0.25) is 0 Å². The van der Waals surface area contributed by atoms with Crippen molar-refractivity contribution in [3.8, 4) is 0 Å². The van der Waals surface area contributed by atoms with E-state index in [9.17, 15) is 20.4 Å². The molecule has 7 nitrogen and oxygen atoms in total. The first kappa shape index (κ1) is 41.7. The average molecular weight is 604 g/mol. The molecule has 0 fully saturated rings. The molecule has 0 aromatic rings. The van der Waals surface area contributed by atoms with Gasteiger partial charge >= 0.3 is 0 Å². The van der Waals surface area contributed by atoms with Gasteiger partial charge in [-0.2, -0.15) is 0 Å². The van der Waals surface area contributed by atoms with Gasteiger partial charge in [0, 0.05) is 25.8 Å². The predicted octanol–water partition coefficient (Wildman–Crippen LogP) is 6.80. The topological polar surface area (TPSA) is 122 Å². The van der Waals surface area contributed by atoms with Crippen molar-refractivity contribution in [1.29, 1.82) is 0 Å². The molecule has 0 aromatic heterocycles. The van der Waals surface area contributed by atoms with Crippen molar-refractivity contribution in [2.75, 3.05) is 26.4 Å². The van der Waals surface area contributed by atoms with Gasteiger partial charge in [0.1, 0.15) is 18.3 Å². The van der Waals surface area contributed by atoms with Gasteiger partial charge in [-0.1, -0.05) is 149 Å². The summed E-state index contributed by atoms with van der Waals surface area (Å²) in [4.78, 5) is 0. The van der Waals surface area contributed by atoms with Crippen LogP contribution in [0.1, 0.15) is 168 Å². The zero-order valence-electron chi connectivity index (χ0n) is 27.8. The van der Waals surface area contributed by atoms with Crippen LogP contribution in [0.25, 0.3) is 0 Å². The Kier molecular flexibility index (Phi) is 31.9. The lowest BCUT2D eigenvalue weighted by Crippen LogP contribution is -2.50. The molecular formula is C35H73NO6. The van der Waals surface area contributed by atoms with Gasteiger partial charge in [-0.05, 0) is 19.3 Å². The summed E-state index contributed by atoms with van der Waals surface area (Å²) in [5.74, 6) is 0. The fourth-order valence-corrected chi connectivity index (χ4v) is 5.57. The largest absolute Gasteiger partial charge is 0.394 e. The minimum Gasteiger partial charge on any atom is -0.394 e. The molecule has 0 rings (SSSR count). The molecule has 7 heteroatoms. The van der Waals surface area contributed by atoms with Crippen LogP contribution in [0, 0.1) is 0 Å². The molecule has 0 radical (unpaired) electrons. The lowest BCUT2D eigenvalue weighted by Gasteiger charge is -2.27. The second-order valence-electron chi connectivity index (χ2n) is 12.7. The first-order valence-corrected chi connectivity index (χ1v) is 18.1. The van der Waals surface area contributed by atoms with Gasteiger partial charge in [-0.25, -0.2) is 0 Å². The predicted molar refractivity (Wildman–Crippen MR) is 176 cm³/mol. The summed E-state index contributed by atoms with van der Waals surface area (Å²) in [6.45, 7) is 5.41. The Morgan fingerprint density at radius 2 is 0.881 bits per heavy atom. The molecule has 0 spiro atoms. The Morgan fingerprint density at radius 1 is 0.476 bits per heavy atom. The normalized spacial score (nSPS) is 15.5. The average Bonchev–Trinajstić information content (AvgIpc) is 3.00. The van der Waals surface area contributed by atoms with Crippen LogP contribution < -0.4 is 5.32 Å². The van der Waals surface area contributed by atoms with Crippen molar-refractivity contribution in [3.63, 3.8) is 0 Å². The molecule has 6 N–H and O–H groups in total. The van der Waals surface area contributed by atoms with Crippen molar-refractivity contribution in [2.24, 2.45) is 0 Å². The van der Waals surface area contributed by atoms with Crippen LogP contribution in [0.15, 0.2) is 0 Å². The SMILES string of the molecule is CCCCCCCCCCCCCCOCCC(CCCCCCCCCCCC)NC[C@H](O)[C@@H](O)[C@H](O)[C@H](O)CO. The molecule has 0 aliphatic carbocycles. The van der Waals surface area contributed by atoms with Crippen LogP contribution in [0.3, 0.4) is 0 Å². The number of hydrogen-bond donors (Lipinski definition) is 6. The Morgan fingerprint density at radius 3 is 1.33 bits per heavy atom. The molecule has 0 heterocycles. The van der Waals surface area contributed by atoms with E-state index in [1.54, 1.807) is 0 Å². The highest BCUT2D eigenvalue weighted by Gasteiger charge is 2.30. The summed E-state index contributed by atoms with van der Waals surface area (Å²) in [5, 5.41) is 52.3. The maximum Gasteiger partial charge on any atom is 0.111 e. The number of nitrogens with one attached hydrogen (secondary N) is 1. The number of aliphatic hydroxyl groups is 5. The second-order valence-corrected chi connectivity index (χ2v) is 12.7. The highest BCUT2D eigenvalue weighted by atomic mass is 16.5. The summed E-state index contributed by atoms with van der Waals surface area (Å²) in [7, 11) is 0. The fourth-order valence-electron chi connectivity index (χ4n) is 5.57. The van der Waals surface area contributed by atoms with E-state index >= 15 is 0 Å². The Labute approximate surface area is 260 Å². The Balaban J connectivity index is 4.14. The maximum atomic E-state index is 10.3. The molecule has 0 bridgehead atoms. The molecule has 0 saturated carbocycles. The van der Waals surface area contributed by atoms with Gasteiger partial charge in [0.15, 0.2) is 0 Å². The van der Waals surface area contributed by atoms with Gasteiger partial charge in [-0.3, -0.25) is 0 Å². The summed E-state index contributed by atoms with van der Waals surface area (Å²) in [5.41, 5.74) is 0. The third kappa shape index (κ3) is 26.2. The van der Waals surface area contributed by atoms with Crippen molar-refractivity contribution in [2.45, 2.75) is 198 Å². The Hall–Kier alpha value is -0.280. The van der Waals surface area contributed by atoms with E-state index < -0.39 is 31.0 Å². The number of hydrogen-bond acceptors (Lipinski definition) is 7. The van der Waals surface area contributed by atoms with Gasteiger partial charge in [-0.15, -0.1) is 0 Å². The molecule has 0 aliphatic heterocycles. The fraction of sp³-hybridized carbons (Fsp3) is 1.00. The first-order chi connectivity index (χ1) is 20.5. The lowest BCUT2D eigenvalue weighted by atomic mass is 10.0. The van der Waals surface area contributed by atoms with Crippen molar-refractivity contribution >= 4 is 0 Å². The van der Waals surface area contributed by atoms with Crippen molar-refractivity contribution in [3.05, 3.63) is 0 Å². The van der Waals surface area contributed by atoms with Crippen molar-refractivity contribution in [1.82, 2.24) is 5.32 Å². The van der Waals surface area contributed by atoms with E-state index in [0.29, 0.717) is 6.61 Å². The minimum absolute atomic E-state index is 0.109. The first-order valence-electron chi connectivity index (χ1n) is 18.1. The number of aliphatic hydroxyl groups excluding tert-OH is 5. The summed E-state index contributed by atoms with van der Waals surface area (Å²) >= 11 is 0. The molecule has 0 aliphatic rings. The summed E-state index contributed by atoms with van der Waals surface area (Å²) in [6, 6.07) is 0.155. The monoisotopic (exact) mass is 604 g/mol. The molecule has 254 valence electrons. The van der Waals surface area contributed by atoms with Crippen LogP contribution in [0.2, 0.25) is 0 Å². The summed E-state index contributed by atoms with van der Waals surface area (Å²) in [6.07, 6.45) is 24.8. The molecule has 0 aromatic carbocycles. The maximum absolute atomic E-state index is 10.3. The molecule has 1 unspecified atom stereocenters. The van der Waals surface area contributed by atoms with Gasteiger partial charge in [0.25, 0.3) is 0 Å². The van der Waals surface area contributed by atoms with Crippen LogP contribution >= 0.6 is 0 Å². The lowest BCUT2D eigenvalue weighted by molar-refractivity contribution is -0.114. The van der Waals surface area contributed by atoms with E-state index in [2.05, 4.69) is 19.2 Å². The van der Waals surface area contributed by atoms with Gasteiger partial charge < -0.3 is 35.6 Å². The third-order valence-electron chi connectivity index (χ3n) is 8.60. The van der Waals surface area contributed by atoms with Crippen LogP contribution in [-0.4, -0.2) is 82.4 Å². The highest BCUT2D eigenvalue weighted by Crippen LogP contribution is 2.15. The minimum atomic E-state index is -1.59. The molecule has 5 atom stereocenters. The van der Waals surface area contributed by atoms with E-state index in [4.69, 9.17) is 9.84 Å². The zero-order chi connectivity index (χ0) is 31.1. The standard InChI is InChI=1S/C35H73NO6/c1-3-5-7-9-11-13-15-16-18-20-22-24-27-42-28-26-31(25-23-21-19-17-14-12-10-8-6-4-2)36-29-32(38)34(40)35(41)33(39)30-37/h31-41H,3-30H2,1-2H3/t31?,32-,33+,34+,35+/m0/s1. The summed E-state index contributed by atoms with van der Waals surface area (Å²) < 4.78 is 5.94. The zero-order valence-corrected chi connectivity index (χ0v) is 27.8. The van der Waals surface area contributed by atoms with E-state index in [-0.39, 0.29) is 12.6 Å². The third-order valence-corrected chi connectivity index (χ3v) is 8.60. The van der Waals surface area contributed by atoms with E-state index in [0.717, 1.165) is 32.3 Å². The molecule has 42 heavy (non-hydrogen) atoms. The Bertz CT molecular complexity index is 526. The molecular weight excluding hydrogens is 530 g/mol. The number of ether oxygens (including phenoxy) is 1. The highest BCUT2D eigenvalue weighted by molar-refractivity contribution is 4.83.